The van der Waals surface area contributed by atoms with E-state index in [0.717, 1.165) is 36.9 Å². The molecular formula is C14H14ClFN4. The van der Waals surface area contributed by atoms with Crippen LogP contribution in [0.5, 0.6) is 0 Å². The van der Waals surface area contributed by atoms with Crippen molar-refractivity contribution in [2.75, 3.05) is 36.0 Å². The van der Waals surface area contributed by atoms with Gasteiger partial charge in [-0.3, -0.25) is 0 Å². The fourth-order valence-corrected chi connectivity index (χ4v) is 2.49. The molecule has 6 heteroatoms. The summed E-state index contributed by atoms with van der Waals surface area (Å²) < 4.78 is 12.8. The Hall–Kier alpha value is -1.88. The Kier molecular flexibility index (Phi) is 3.69. The van der Waals surface area contributed by atoms with E-state index in [2.05, 4.69) is 25.8 Å². The molecule has 104 valence electrons. The van der Waals surface area contributed by atoms with Crippen molar-refractivity contribution in [2.24, 2.45) is 0 Å². The van der Waals surface area contributed by atoms with Crippen LogP contribution >= 0.6 is 11.6 Å². The molecule has 3 rings (SSSR count). The quantitative estimate of drug-likeness (QED) is 0.852. The van der Waals surface area contributed by atoms with Crippen molar-refractivity contribution in [1.29, 1.82) is 0 Å². The van der Waals surface area contributed by atoms with Gasteiger partial charge in [0.25, 0.3) is 0 Å². The van der Waals surface area contributed by atoms with E-state index in [1.165, 1.54) is 12.4 Å². The van der Waals surface area contributed by atoms with Crippen molar-refractivity contribution in [2.45, 2.75) is 0 Å². The number of hydrogen-bond acceptors (Lipinski definition) is 4. The Bertz CT molecular complexity index is 582. The fraction of sp³-hybridized carbons (Fsp3) is 0.286. The maximum Gasteiger partial charge on any atom is 0.225 e. The van der Waals surface area contributed by atoms with Crippen molar-refractivity contribution in [3.05, 3.63) is 47.5 Å². The molecule has 0 saturated carbocycles. The first-order chi connectivity index (χ1) is 9.72. The third-order valence-corrected chi connectivity index (χ3v) is 3.58. The van der Waals surface area contributed by atoms with E-state index >= 15 is 0 Å². The predicted octanol–water partition coefficient (Wildman–Crippen LogP) is 2.60. The minimum absolute atomic E-state index is 0.411. The Morgan fingerprint density at radius 2 is 1.65 bits per heavy atom. The summed E-state index contributed by atoms with van der Waals surface area (Å²) in [6, 6.07) is 7.84. The Morgan fingerprint density at radius 3 is 2.30 bits per heavy atom. The standard InChI is InChI=1S/C14H14ClFN4/c15-11-2-1-3-13(8-11)19-4-6-20(7-5-19)14-17-9-12(16)10-18-14/h1-3,8-10H,4-7H2. The third kappa shape index (κ3) is 2.82. The SMILES string of the molecule is Fc1cnc(N2CCN(c3cccc(Cl)c3)CC2)nc1. The van der Waals surface area contributed by atoms with Crippen molar-refractivity contribution in [3.8, 4) is 0 Å². The van der Waals surface area contributed by atoms with Crippen LogP contribution in [-0.2, 0) is 0 Å². The van der Waals surface area contributed by atoms with Crippen LogP contribution in [0, 0.1) is 5.82 Å². The average Bonchev–Trinajstić information content (AvgIpc) is 2.48. The topological polar surface area (TPSA) is 32.3 Å². The van der Waals surface area contributed by atoms with Gasteiger partial charge in [-0.05, 0) is 18.2 Å². The number of hydrogen-bond donors (Lipinski definition) is 0. The number of benzene rings is 1. The second kappa shape index (κ2) is 5.63. The lowest BCUT2D eigenvalue weighted by Crippen LogP contribution is -2.47. The monoisotopic (exact) mass is 292 g/mol. The fourth-order valence-electron chi connectivity index (χ4n) is 2.31. The van der Waals surface area contributed by atoms with Crippen LogP contribution < -0.4 is 9.80 Å². The maximum absolute atomic E-state index is 12.8. The van der Waals surface area contributed by atoms with Crippen LogP contribution in [0.1, 0.15) is 0 Å². The highest BCUT2D eigenvalue weighted by molar-refractivity contribution is 6.30. The lowest BCUT2D eigenvalue weighted by Gasteiger charge is -2.36. The normalized spacial score (nSPS) is 15.5. The van der Waals surface area contributed by atoms with E-state index in [-0.39, 0.29) is 0 Å². The van der Waals surface area contributed by atoms with E-state index < -0.39 is 5.82 Å². The van der Waals surface area contributed by atoms with Crippen LogP contribution in [-0.4, -0.2) is 36.1 Å². The summed E-state index contributed by atoms with van der Waals surface area (Å²) in [6.07, 6.45) is 2.40. The molecule has 20 heavy (non-hydrogen) atoms. The van der Waals surface area contributed by atoms with Gasteiger partial charge in [-0.15, -0.1) is 0 Å². The molecule has 1 aliphatic heterocycles. The Balaban J connectivity index is 1.66. The first-order valence-electron chi connectivity index (χ1n) is 6.45. The van der Waals surface area contributed by atoms with Crippen LogP contribution in [0.15, 0.2) is 36.7 Å². The number of anilines is 2. The lowest BCUT2D eigenvalue weighted by molar-refractivity contribution is 0.602. The highest BCUT2D eigenvalue weighted by Gasteiger charge is 2.19. The van der Waals surface area contributed by atoms with Gasteiger partial charge in [0.2, 0.25) is 5.95 Å². The molecule has 2 aromatic rings. The van der Waals surface area contributed by atoms with E-state index in [1.54, 1.807) is 0 Å². The van der Waals surface area contributed by atoms with Gasteiger partial charge < -0.3 is 9.80 Å². The minimum atomic E-state index is -0.411. The van der Waals surface area contributed by atoms with Gasteiger partial charge in [0.1, 0.15) is 0 Å². The summed E-state index contributed by atoms with van der Waals surface area (Å²) in [4.78, 5) is 12.4. The molecule has 4 nitrogen and oxygen atoms in total. The van der Waals surface area contributed by atoms with E-state index in [4.69, 9.17) is 11.6 Å². The summed E-state index contributed by atoms with van der Waals surface area (Å²) >= 11 is 6.01. The van der Waals surface area contributed by atoms with Crippen molar-refractivity contribution in [3.63, 3.8) is 0 Å². The van der Waals surface area contributed by atoms with E-state index in [1.807, 2.05) is 18.2 Å². The zero-order chi connectivity index (χ0) is 13.9. The third-order valence-electron chi connectivity index (χ3n) is 3.34. The molecule has 0 unspecified atom stereocenters. The van der Waals surface area contributed by atoms with Crippen LogP contribution in [0.25, 0.3) is 0 Å². The number of piperazine rings is 1. The largest absolute Gasteiger partial charge is 0.368 e. The molecule has 1 fully saturated rings. The molecule has 0 amide bonds. The van der Waals surface area contributed by atoms with Crippen molar-refractivity contribution in [1.82, 2.24) is 9.97 Å². The van der Waals surface area contributed by atoms with Crippen molar-refractivity contribution < 1.29 is 4.39 Å². The van der Waals surface area contributed by atoms with Gasteiger partial charge in [-0.2, -0.15) is 0 Å². The highest BCUT2D eigenvalue weighted by atomic mass is 35.5. The molecule has 0 aliphatic carbocycles. The minimum Gasteiger partial charge on any atom is -0.368 e. The zero-order valence-electron chi connectivity index (χ0n) is 10.8. The number of halogens is 2. The Labute approximate surface area is 121 Å². The van der Waals surface area contributed by atoms with Crippen LogP contribution in [0.4, 0.5) is 16.0 Å². The van der Waals surface area contributed by atoms with E-state index in [0.29, 0.717) is 5.95 Å². The lowest BCUT2D eigenvalue weighted by atomic mass is 10.2. The van der Waals surface area contributed by atoms with Gasteiger partial charge in [0.15, 0.2) is 5.82 Å². The molecule has 1 aliphatic rings. The number of rotatable bonds is 2. The van der Waals surface area contributed by atoms with Gasteiger partial charge >= 0.3 is 0 Å². The summed E-state index contributed by atoms with van der Waals surface area (Å²) in [5, 5.41) is 0.742. The van der Waals surface area contributed by atoms with Crippen LogP contribution in [0.3, 0.4) is 0 Å². The smallest absolute Gasteiger partial charge is 0.225 e. The summed E-state index contributed by atoms with van der Waals surface area (Å²) in [5.74, 6) is 0.170. The highest BCUT2D eigenvalue weighted by Crippen LogP contribution is 2.21. The number of nitrogens with zero attached hydrogens (tertiary/aromatic N) is 4. The first-order valence-corrected chi connectivity index (χ1v) is 6.83. The van der Waals surface area contributed by atoms with Gasteiger partial charge in [-0.1, -0.05) is 17.7 Å². The molecular weight excluding hydrogens is 279 g/mol. The first kappa shape index (κ1) is 13.1. The number of aromatic nitrogens is 2. The van der Waals surface area contributed by atoms with Crippen LogP contribution in [0.2, 0.25) is 5.02 Å². The van der Waals surface area contributed by atoms with Gasteiger partial charge in [0, 0.05) is 36.9 Å². The van der Waals surface area contributed by atoms with Gasteiger partial charge in [-0.25, -0.2) is 14.4 Å². The second-order valence-electron chi connectivity index (χ2n) is 4.66. The predicted molar refractivity (Wildman–Crippen MR) is 77.9 cm³/mol. The molecule has 0 atom stereocenters. The molecule has 1 aromatic heterocycles. The molecule has 0 bridgehead atoms. The molecule has 1 saturated heterocycles. The summed E-state index contributed by atoms with van der Waals surface area (Å²) in [7, 11) is 0. The molecule has 0 spiro atoms. The van der Waals surface area contributed by atoms with Gasteiger partial charge in [0.05, 0.1) is 12.4 Å². The summed E-state index contributed by atoms with van der Waals surface area (Å²) in [6.45, 7) is 3.33. The molecule has 0 radical (unpaired) electrons. The van der Waals surface area contributed by atoms with E-state index in [9.17, 15) is 4.39 Å². The maximum atomic E-state index is 12.8. The van der Waals surface area contributed by atoms with Crippen molar-refractivity contribution >= 4 is 23.2 Å². The molecule has 1 aromatic carbocycles. The second-order valence-corrected chi connectivity index (χ2v) is 5.09. The molecule has 0 N–H and O–H groups in total. The Morgan fingerprint density at radius 1 is 1.00 bits per heavy atom. The summed E-state index contributed by atoms with van der Waals surface area (Å²) in [5.41, 5.74) is 1.12. The zero-order valence-corrected chi connectivity index (χ0v) is 11.6. The average molecular weight is 293 g/mol. The molecule has 2 heterocycles.